The third kappa shape index (κ3) is 3.54. The van der Waals surface area contributed by atoms with Crippen LogP contribution in [0.5, 0.6) is 0 Å². The molecular weight excluding hydrogens is 118 g/mol. The van der Waals surface area contributed by atoms with Gasteiger partial charge in [0.1, 0.15) is 0 Å². The van der Waals surface area contributed by atoms with Gasteiger partial charge in [0.25, 0.3) is 0 Å². The third-order valence-corrected chi connectivity index (χ3v) is 0.780. The van der Waals surface area contributed by atoms with Crippen LogP contribution in [-0.2, 0) is 4.94 Å². The summed E-state index contributed by atoms with van der Waals surface area (Å²) in [4.78, 5) is 4.71. The highest BCUT2D eigenvalue weighted by atomic mass is 16.8. The summed E-state index contributed by atoms with van der Waals surface area (Å²) >= 11 is 0. The van der Waals surface area contributed by atoms with Crippen molar-refractivity contribution in [2.45, 2.75) is 6.92 Å². The number of allylic oxidation sites excluding steroid dienone is 1. The Morgan fingerprint density at radius 1 is 1.78 bits per heavy atom. The normalized spacial score (nSPS) is 8.22. The van der Waals surface area contributed by atoms with Crippen molar-refractivity contribution in [3.8, 4) is 0 Å². The van der Waals surface area contributed by atoms with Crippen molar-refractivity contribution in [2.24, 2.45) is 5.10 Å². The molecule has 0 aliphatic heterocycles. The molecule has 0 heterocycles. The molecule has 52 valence electrons. The molecule has 9 heavy (non-hydrogen) atoms. The fraction of sp³-hybridized carbons (Fsp3) is 0.400. The first-order valence-corrected chi connectivity index (χ1v) is 2.45. The molecule has 0 aromatic rings. The SMILES string of the molecule is C=NNON(C)C(=C)C. The van der Waals surface area contributed by atoms with Crippen molar-refractivity contribution in [1.29, 1.82) is 0 Å². The van der Waals surface area contributed by atoms with Crippen LogP contribution >= 0.6 is 0 Å². The van der Waals surface area contributed by atoms with E-state index >= 15 is 0 Å². The lowest BCUT2D eigenvalue weighted by atomic mass is 10.6. The van der Waals surface area contributed by atoms with E-state index < -0.39 is 0 Å². The monoisotopic (exact) mass is 129 g/mol. The quantitative estimate of drug-likeness (QED) is 0.443. The van der Waals surface area contributed by atoms with Gasteiger partial charge in [-0.05, 0) is 6.92 Å². The maximum absolute atomic E-state index is 4.71. The minimum absolute atomic E-state index is 0.783. The van der Waals surface area contributed by atoms with Crippen molar-refractivity contribution >= 4 is 6.72 Å². The molecule has 0 aromatic heterocycles. The molecule has 0 saturated heterocycles. The number of hydrogen-bond acceptors (Lipinski definition) is 4. The van der Waals surface area contributed by atoms with Crippen LogP contribution in [0.15, 0.2) is 17.4 Å². The van der Waals surface area contributed by atoms with Gasteiger partial charge < -0.3 is 0 Å². The van der Waals surface area contributed by atoms with Gasteiger partial charge in [0, 0.05) is 19.5 Å². The van der Waals surface area contributed by atoms with E-state index in [0.717, 1.165) is 5.70 Å². The topological polar surface area (TPSA) is 36.9 Å². The Kier molecular flexibility index (Phi) is 3.46. The standard InChI is InChI=1S/C5H11N3O/c1-5(2)8(4)9-7-6-3/h7H,1,3H2,2,4H3. The lowest BCUT2D eigenvalue weighted by Gasteiger charge is -2.14. The average molecular weight is 129 g/mol. The summed E-state index contributed by atoms with van der Waals surface area (Å²) < 4.78 is 0. The number of hydroxylamine groups is 2. The maximum atomic E-state index is 4.71. The number of nitrogens with one attached hydrogen (secondary N) is 1. The highest BCUT2D eigenvalue weighted by Crippen LogP contribution is 1.92. The summed E-state index contributed by atoms with van der Waals surface area (Å²) in [6, 6.07) is 0. The molecule has 0 aliphatic carbocycles. The van der Waals surface area contributed by atoms with E-state index in [-0.39, 0.29) is 0 Å². The predicted octanol–water partition coefficient (Wildman–Crippen LogP) is 0.504. The lowest BCUT2D eigenvalue weighted by Crippen LogP contribution is -2.22. The molecule has 0 aliphatic rings. The zero-order chi connectivity index (χ0) is 7.28. The van der Waals surface area contributed by atoms with Crippen molar-refractivity contribution in [1.82, 2.24) is 10.7 Å². The number of hydrazone groups is 1. The van der Waals surface area contributed by atoms with Crippen molar-refractivity contribution in [2.75, 3.05) is 7.05 Å². The second kappa shape index (κ2) is 3.91. The zero-order valence-corrected chi connectivity index (χ0v) is 5.72. The van der Waals surface area contributed by atoms with Gasteiger partial charge in [0.2, 0.25) is 0 Å². The van der Waals surface area contributed by atoms with E-state index in [2.05, 4.69) is 24.0 Å². The molecule has 4 heteroatoms. The van der Waals surface area contributed by atoms with Gasteiger partial charge in [-0.2, -0.15) is 10.7 Å². The molecule has 0 unspecified atom stereocenters. The number of nitrogens with zero attached hydrogens (tertiary/aromatic N) is 2. The number of rotatable bonds is 4. The van der Waals surface area contributed by atoms with Crippen LogP contribution in [0.25, 0.3) is 0 Å². The van der Waals surface area contributed by atoms with Crippen molar-refractivity contribution < 1.29 is 4.94 Å². The van der Waals surface area contributed by atoms with Gasteiger partial charge in [0.15, 0.2) is 0 Å². The minimum Gasteiger partial charge on any atom is -0.236 e. The van der Waals surface area contributed by atoms with E-state index in [1.807, 2.05) is 6.92 Å². The van der Waals surface area contributed by atoms with Gasteiger partial charge in [-0.3, -0.25) is 0 Å². The summed E-state index contributed by atoms with van der Waals surface area (Å²) in [7, 11) is 1.71. The summed E-state index contributed by atoms with van der Waals surface area (Å²) in [5, 5.41) is 4.69. The average Bonchev–Trinajstić information content (AvgIpc) is 1.82. The van der Waals surface area contributed by atoms with E-state index in [9.17, 15) is 0 Å². The van der Waals surface area contributed by atoms with Gasteiger partial charge in [-0.1, -0.05) is 6.58 Å². The molecule has 0 rings (SSSR count). The molecule has 0 saturated carbocycles. The Hall–Kier alpha value is -1.03. The van der Waals surface area contributed by atoms with Crippen LogP contribution in [0, 0.1) is 0 Å². The first kappa shape index (κ1) is 7.97. The van der Waals surface area contributed by atoms with Crippen molar-refractivity contribution in [3.63, 3.8) is 0 Å². The fourth-order valence-electron chi connectivity index (χ4n) is 0.168. The van der Waals surface area contributed by atoms with E-state index in [4.69, 9.17) is 4.94 Å². The summed E-state index contributed by atoms with van der Waals surface area (Å²) in [5.41, 5.74) is 2.99. The first-order valence-electron chi connectivity index (χ1n) is 2.45. The Morgan fingerprint density at radius 3 is 2.67 bits per heavy atom. The van der Waals surface area contributed by atoms with Gasteiger partial charge in [0.05, 0.1) is 0 Å². The Morgan fingerprint density at radius 2 is 2.33 bits per heavy atom. The van der Waals surface area contributed by atoms with Crippen LogP contribution < -0.4 is 5.59 Å². The zero-order valence-electron chi connectivity index (χ0n) is 5.72. The van der Waals surface area contributed by atoms with Gasteiger partial charge >= 0.3 is 0 Å². The van der Waals surface area contributed by atoms with E-state index in [1.165, 1.54) is 5.06 Å². The molecule has 0 aromatic carbocycles. The molecule has 4 nitrogen and oxygen atoms in total. The lowest BCUT2D eigenvalue weighted by molar-refractivity contribution is -0.169. The Labute approximate surface area is 54.7 Å². The van der Waals surface area contributed by atoms with Crippen LogP contribution in [0.4, 0.5) is 0 Å². The smallest absolute Gasteiger partial charge is 0.0365 e. The van der Waals surface area contributed by atoms with Gasteiger partial charge in [-0.25, -0.2) is 5.06 Å². The molecule has 0 fully saturated rings. The fourth-order valence-corrected chi connectivity index (χ4v) is 0.168. The molecular formula is C5H11N3O. The highest BCUT2D eigenvalue weighted by molar-refractivity contribution is 5.21. The minimum atomic E-state index is 0.783. The molecule has 0 amide bonds. The molecule has 1 N–H and O–H groups in total. The Balaban J connectivity index is 3.37. The summed E-state index contributed by atoms with van der Waals surface area (Å²) in [5.74, 6) is 0. The van der Waals surface area contributed by atoms with Gasteiger partial charge in [-0.15, -0.1) is 4.94 Å². The summed E-state index contributed by atoms with van der Waals surface area (Å²) in [6.45, 7) is 8.57. The van der Waals surface area contributed by atoms with Crippen LogP contribution in [0.3, 0.4) is 0 Å². The Bertz CT molecular complexity index is 113. The summed E-state index contributed by atoms with van der Waals surface area (Å²) in [6.07, 6.45) is 0. The second-order valence-corrected chi connectivity index (χ2v) is 1.57. The maximum Gasteiger partial charge on any atom is 0.0365 e. The van der Waals surface area contributed by atoms with Crippen LogP contribution in [0.2, 0.25) is 0 Å². The van der Waals surface area contributed by atoms with Crippen LogP contribution in [-0.4, -0.2) is 18.8 Å². The third-order valence-electron chi connectivity index (χ3n) is 0.780. The highest BCUT2D eigenvalue weighted by Gasteiger charge is 1.92. The van der Waals surface area contributed by atoms with E-state index in [0.29, 0.717) is 0 Å². The molecule has 0 spiro atoms. The number of hydrogen-bond donors (Lipinski definition) is 1. The van der Waals surface area contributed by atoms with Crippen LogP contribution in [0.1, 0.15) is 6.92 Å². The largest absolute Gasteiger partial charge is 0.236 e. The van der Waals surface area contributed by atoms with Crippen molar-refractivity contribution in [3.05, 3.63) is 12.3 Å². The molecule has 0 bridgehead atoms. The molecule has 0 atom stereocenters. The predicted molar refractivity (Wildman–Crippen MR) is 36.3 cm³/mol. The van der Waals surface area contributed by atoms with E-state index in [1.54, 1.807) is 7.05 Å². The molecule has 0 radical (unpaired) electrons. The second-order valence-electron chi connectivity index (χ2n) is 1.57. The first-order chi connectivity index (χ1) is 4.18.